The summed E-state index contributed by atoms with van der Waals surface area (Å²) in [5, 5.41) is 2.78. The molecule has 2 aromatic rings. The van der Waals surface area contributed by atoms with E-state index in [1.807, 2.05) is 0 Å². The van der Waals surface area contributed by atoms with E-state index >= 15 is 0 Å². The molecule has 3 rings (SSSR count). The smallest absolute Gasteiger partial charge is 0.459 e. The van der Waals surface area contributed by atoms with Crippen molar-refractivity contribution in [3.63, 3.8) is 0 Å². The lowest BCUT2D eigenvalue weighted by atomic mass is 10.2. The molecule has 40 heavy (non-hydrogen) atoms. The number of aromatic nitrogens is 2. The fraction of sp³-hybridized carbons (Fsp3) is 0.560. The van der Waals surface area contributed by atoms with Crippen LogP contribution in [0, 0.1) is 5.82 Å². The number of esters is 1. The molecule has 0 amide bonds. The molecule has 5 atom stereocenters. The molecule has 1 aliphatic heterocycles. The van der Waals surface area contributed by atoms with Gasteiger partial charge >= 0.3 is 19.4 Å². The van der Waals surface area contributed by atoms with Crippen LogP contribution in [-0.4, -0.2) is 67.5 Å². The Balaban J connectivity index is 1.84. The van der Waals surface area contributed by atoms with Crippen LogP contribution in [0.3, 0.4) is 0 Å². The highest BCUT2D eigenvalue weighted by Crippen LogP contribution is 2.46. The fourth-order valence-corrected chi connectivity index (χ4v) is 5.51. The number of hydrogen-bond donors (Lipinski definition) is 1. The van der Waals surface area contributed by atoms with Crippen molar-refractivity contribution in [2.75, 3.05) is 27.4 Å². The van der Waals surface area contributed by atoms with E-state index in [0.717, 1.165) is 10.8 Å². The number of carbonyl (C=O) groups excluding carboxylic acids is 1. The second-order valence-electron chi connectivity index (χ2n) is 8.72. The van der Waals surface area contributed by atoms with Crippen molar-refractivity contribution < 1.29 is 46.5 Å². The molecule has 1 aliphatic rings. The summed E-state index contributed by atoms with van der Waals surface area (Å²) in [5.41, 5.74) is -0.823. The number of benzene rings is 1. The van der Waals surface area contributed by atoms with Gasteiger partial charge in [0.25, 0.3) is 5.88 Å². The Morgan fingerprint density at radius 2 is 1.95 bits per heavy atom. The van der Waals surface area contributed by atoms with E-state index in [0.29, 0.717) is 0 Å². The summed E-state index contributed by atoms with van der Waals surface area (Å²) in [4.78, 5) is 28.3. The van der Waals surface area contributed by atoms with Gasteiger partial charge in [0, 0.05) is 27.1 Å². The monoisotopic (exact) mass is 587 g/mol. The highest BCUT2D eigenvalue weighted by molar-refractivity contribution is 7.52. The van der Waals surface area contributed by atoms with Gasteiger partial charge in [-0.15, -0.1) is 0 Å². The van der Waals surface area contributed by atoms with Crippen molar-refractivity contribution in [2.24, 2.45) is 0 Å². The summed E-state index contributed by atoms with van der Waals surface area (Å²) in [6, 6.07) is 7.71. The zero-order chi connectivity index (χ0) is 29.3. The first-order valence-electron chi connectivity index (χ1n) is 12.7. The molecule has 1 saturated heterocycles. The van der Waals surface area contributed by atoms with E-state index in [-0.39, 0.29) is 31.8 Å². The van der Waals surface area contributed by atoms with Crippen LogP contribution in [0.4, 0.5) is 4.39 Å². The lowest BCUT2D eigenvalue weighted by Crippen LogP contribution is -2.40. The molecule has 1 aromatic carbocycles. The SMILES string of the molecule is CCOc1nc(=O)n([C@H]2C[C@H](OC(=O)CC)[C@@H](COP(=O)(N[C@@H](C)C(OC)OC)Oc3ccccc3)O2)cc1F. The van der Waals surface area contributed by atoms with Gasteiger partial charge in [-0.2, -0.15) is 9.37 Å². The number of nitrogens with zero attached hydrogens (tertiary/aromatic N) is 2. The fourth-order valence-electron chi connectivity index (χ4n) is 3.97. The predicted molar refractivity (Wildman–Crippen MR) is 139 cm³/mol. The Morgan fingerprint density at radius 3 is 2.58 bits per heavy atom. The lowest BCUT2D eigenvalue weighted by molar-refractivity contribution is -0.152. The number of ether oxygens (including phenoxy) is 5. The molecule has 0 bridgehead atoms. The van der Waals surface area contributed by atoms with Crippen LogP contribution in [-0.2, 0) is 32.8 Å². The lowest BCUT2D eigenvalue weighted by Gasteiger charge is -2.28. The van der Waals surface area contributed by atoms with Gasteiger partial charge in [0.05, 0.1) is 25.5 Å². The van der Waals surface area contributed by atoms with Gasteiger partial charge in [-0.05, 0) is 26.0 Å². The predicted octanol–water partition coefficient (Wildman–Crippen LogP) is 3.19. The van der Waals surface area contributed by atoms with E-state index in [2.05, 4.69) is 10.1 Å². The van der Waals surface area contributed by atoms with Crippen LogP contribution in [0.5, 0.6) is 11.6 Å². The summed E-state index contributed by atoms with van der Waals surface area (Å²) < 4.78 is 67.7. The summed E-state index contributed by atoms with van der Waals surface area (Å²) in [7, 11) is -1.26. The quantitative estimate of drug-likeness (QED) is 0.186. The maximum absolute atomic E-state index is 14.5. The highest BCUT2D eigenvalue weighted by Gasteiger charge is 2.42. The summed E-state index contributed by atoms with van der Waals surface area (Å²) in [6.45, 7) is 4.65. The molecule has 0 spiro atoms. The van der Waals surface area contributed by atoms with Gasteiger partial charge < -0.3 is 28.2 Å². The number of rotatable bonds is 15. The van der Waals surface area contributed by atoms with Crippen LogP contribution in [0.15, 0.2) is 41.3 Å². The zero-order valence-corrected chi connectivity index (χ0v) is 23.9. The maximum Gasteiger partial charge on any atom is 0.459 e. The number of carbonyl (C=O) groups is 1. The Kier molecular flexibility index (Phi) is 11.6. The number of hydrogen-bond acceptors (Lipinski definition) is 11. The summed E-state index contributed by atoms with van der Waals surface area (Å²) in [6.07, 6.45) is -2.76. The average molecular weight is 588 g/mol. The molecule has 0 saturated carbocycles. The second-order valence-corrected chi connectivity index (χ2v) is 10.4. The minimum absolute atomic E-state index is 0.0160. The van der Waals surface area contributed by atoms with E-state index in [9.17, 15) is 18.5 Å². The van der Waals surface area contributed by atoms with Crippen LogP contribution in [0.2, 0.25) is 0 Å². The van der Waals surface area contributed by atoms with E-state index in [4.69, 9.17) is 32.7 Å². The first-order chi connectivity index (χ1) is 19.1. The average Bonchev–Trinajstić information content (AvgIpc) is 3.32. The third kappa shape index (κ3) is 8.32. The van der Waals surface area contributed by atoms with Gasteiger partial charge in [-0.1, -0.05) is 25.1 Å². The molecule has 1 N–H and O–H groups in total. The van der Waals surface area contributed by atoms with Crippen LogP contribution < -0.4 is 20.0 Å². The molecule has 1 aromatic heterocycles. The zero-order valence-electron chi connectivity index (χ0n) is 23.0. The Morgan fingerprint density at radius 1 is 1.25 bits per heavy atom. The van der Waals surface area contributed by atoms with Crippen molar-refractivity contribution in [3.05, 3.63) is 52.8 Å². The van der Waals surface area contributed by atoms with Crippen molar-refractivity contribution in [3.8, 4) is 11.6 Å². The summed E-state index contributed by atoms with van der Waals surface area (Å²) >= 11 is 0. The normalized spacial score (nSPS) is 21.1. The second kappa shape index (κ2) is 14.7. The maximum atomic E-state index is 14.5. The first-order valence-corrected chi connectivity index (χ1v) is 14.3. The molecule has 15 heteroatoms. The Labute approximate surface area is 231 Å². The molecular weight excluding hydrogens is 552 g/mol. The number of methoxy groups -OCH3 is 2. The molecule has 0 aliphatic carbocycles. The Bertz CT molecular complexity index is 1210. The standard InChI is InChI=1S/C25H35FN3O10P/c1-6-22(30)38-19-13-21(29-14-18(26)23(35-7-2)27-25(29)31)37-20(19)15-36-40(32,28-16(3)24(33-4)34-5)39-17-11-9-8-10-12-17/h8-12,14,16,19-21,24H,6-7,13,15H2,1-5H3,(H,28,32)/t16-,19-,20+,21+,40?/m0/s1. The molecule has 2 heterocycles. The van der Waals surface area contributed by atoms with Crippen LogP contribution in [0.1, 0.15) is 39.8 Å². The number of halogens is 1. The minimum Gasteiger partial charge on any atom is -0.476 e. The van der Waals surface area contributed by atoms with Gasteiger partial charge in [0.2, 0.25) is 5.82 Å². The largest absolute Gasteiger partial charge is 0.476 e. The Hall–Kier alpha value is -2.87. The number of para-hydroxylation sites is 1. The van der Waals surface area contributed by atoms with Crippen molar-refractivity contribution in [2.45, 2.75) is 64.4 Å². The van der Waals surface area contributed by atoms with Gasteiger partial charge in [0.15, 0.2) is 6.29 Å². The molecule has 1 unspecified atom stereocenters. The van der Waals surface area contributed by atoms with Crippen molar-refractivity contribution in [1.29, 1.82) is 0 Å². The molecule has 1 fully saturated rings. The third-order valence-electron chi connectivity index (χ3n) is 5.83. The number of nitrogens with one attached hydrogen (secondary N) is 1. The van der Waals surface area contributed by atoms with Gasteiger partial charge in [0.1, 0.15) is 24.2 Å². The summed E-state index contributed by atoms with van der Waals surface area (Å²) in [5.74, 6) is -1.56. The van der Waals surface area contributed by atoms with Crippen LogP contribution in [0.25, 0.3) is 0 Å². The highest BCUT2D eigenvalue weighted by atomic mass is 31.2. The third-order valence-corrected chi connectivity index (χ3v) is 7.49. The van der Waals surface area contributed by atoms with Gasteiger partial charge in [-0.25, -0.2) is 14.4 Å². The van der Waals surface area contributed by atoms with Crippen molar-refractivity contribution >= 4 is 13.7 Å². The topological polar surface area (TPSA) is 146 Å². The molecule has 0 radical (unpaired) electrons. The van der Waals surface area contributed by atoms with E-state index < -0.39 is 61.9 Å². The molecule has 222 valence electrons. The van der Waals surface area contributed by atoms with Crippen LogP contribution >= 0.6 is 7.75 Å². The van der Waals surface area contributed by atoms with E-state index in [1.54, 1.807) is 51.1 Å². The van der Waals surface area contributed by atoms with Gasteiger partial charge in [-0.3, -0.25) is 13.9 Å². The molecular formula is C25H35FN3O10P. The molecule has 13 nitrogen and oxygen atoms in total. The minimum atomic E-state index is -4.11. The van der Waals surface area contributed by atoms with Crippen molar-refractivity contribution in [1.82, 2.24) is 14.6 Å². The first kappa shape index (κ1) is 31.7. The van der Waals surface area contributed by atoms with E-state index in [1.165, 1.54) is 14.2 Å².